The van der Waals surface area contributed by atoms with E-state index in [0.29, 0.717) is 18.7 Å². The summed E-state index contributed by atoms with van der Waals surface area (Å²) in [5.41, 5.74) is 5.73. The largest absolute Gasteiger partial charge is 0.492 e. The maximum Gasteiger partial charge on any atom is 0.416 e. The molecule has 0 fully saturated rings. The first-order valence-corrected chi connectivity index (χ1v) is 6.94. The third kappa shape index (κ3) is 3.23. The van der Waals surface area contributed by atoms with Gasteiger partial charge in [0, 0.05) is 0 Å². The summed E-state index contributed by atoms with van der Waals surface area (Å²) in [5.74, 6) is 0.726. The molecule has 0 aliphatic rings. The van der Waals surface area contributed by atoms with E-state index < -0.39 is 11.7 Å². The molecule has 0 unspecified atom stereocenters. The lowest BCUT2D eigenvalue weighted by Crippen LogP contribution is -2.09. The summed E-state index contributed by atoms with van der Waals surface area (Å²) in [4.78, 5) is 4.01. The van der Waals surface area contributed by atoms with Crippen molar-refractivity contribution in [3.8, 4) is 5.75 Å². The molecular formula is C16H14F3N3O. The molecule has 3 rings (SSSR count). The Hall–Kier alpha value is -2.70. The van der Waals surface area contributed by atoms with Crippen molar-refractivity contribution in [1.82, 2.24) is 9.55 Å². The van der Waals surface area contributed by atoms with Crippen molar-refractivity contribution in [2.75, 3.05) is 12.3 Å². The lowest BCUT2D eigenvalue weighted by Gasteiger charge is -2.11. The first-order valence-electron chi connectivity index (χ1n) is 6.94. The fraction of sp³-hybridized carbons (Fsp3) is 0.188. The molecule has 0 amide bonds. The van der Waals surface area contributed by atoms with Crippen molar-refractivity contribution in [2.24, 2.45) is 0 Å². The van der Waals surface area contributed by atoms with Gasteiger partial charge in [0.1, 0.15) is 12.4 Å². The minimum absolute atomic E-state index is 0.0482. The van der Waals surface area contributed by atoms with Gasteiger partial charge in [-0.05, 0) is 24.3 Å². The van der Waals surface area contributed by atoms with Crippen LogP contribution in [0.4, 0.5) is 18.9 Å². The van der Waals surface area contributed by atoms with Gasteiger partial charge in [0.05, 0.1) is 35.2 Å². The summed E-state index contributed by atoms with van der Waals surface area (Å²) in [6, 6.07) is 11.2. The summed E-state index contributed by atoms with van der Waals surface area (Å²) in [7, 11) is 0. The number of hydrogen-bond acceptors (Lipinski definition) is 3. The molecule has 0 spiro atoms. The number of ether oxygens (including phenoxy) is 1. The normalized spacial score (nSPS) is 11.8. The fourth-order valence-corrected chi connectivity index (χ4v) is 2.35. The quantitative estimate of drug-likeness (QED) is 0.745. The molecule has 0 radical (unpaired) electrons. The summed E-state index contributed by atoms with van der Waals surface area (Å²) in [6.45, 7) is 0.789. The second-order valence-electron chi connectivity index (χ2n) is 5.03. The number of anilines is 1. The predicted molar refractivity (Wildman–Crippen MR) is 81.1 cm³/mol. The van der Waals surface area contributed by atoms with E-state index in [9.17, 15) is 13.2 Å². The molecule has 23 heavy (non-hydrogen) atoms. The third-order valence-electron chi connectivity index (χ3n) is 3.41. The van der Waals surface area contributed by atoms with Crippen LogP contribution >= 0.6 is 0 Å². The van der Waals surface area contributed by atoms with Gasteiger partial charge in [-0.15, -0.1) is 0 Å². The van der Waals surface area contributed by atoms with E-state index in [4.69, 9.17) is 10.5 Å². The van der Waals surface area contributed by atoms with Gasteiger partial charge in [0.15, 0.2) is 0 Å². The van der Waals surface area contributed by atoms with Crippen LogP contribution in [0.25, 0.3) is 11.0 Å². The van der Waals surface area contributed by atoms with Gasteiger partial charge in [-0.1, -0.05) is 18.2 Å². The number of rotatable bonds is 4. The van der Waals surface area contributed by atoms with Gasteiger partial charge in [-0.3, -0.25) is 0 Å². The summed E-state index contributed by atoms with van der Waals surface area (Å²) >= 11 is 0. The number of imidazole rings is 1. The lowest BCUT2D eigenvalue weighted by molar-refractivity contribution is -0.137. The van der Waals surface area contributed by atoms with Gasteiger partial charge in [-0.25, -0.2) is 4.98 Å². The Morgan fingerprint density at radius 2 is 1.87 bits per heavy atom. The Balaban J connectivity index is 1.80. The number of benzene rings is 2. The second kappa shape index (κ2) is 5.83. The number of aromatic nitrogens is 2. The maximum atomic E-state index is 12.8. The van der Waals surface area contributed by atoms with E-state index in [1.165, 1.54) is 6.33 Å². The van der Waals surface area contributed by atoms with Crippen molar-refractivity contribution >= 4 is 16.7 Å². The summed E-state index contributed by atoms with van der Waals surface area (Å²) < 4.78 is 45.6. The Morgan fingerprint density at radius 1 is 1.13 bits per heavy atom. The number of nitrogen functional groups attached to an aromatic ring is 1. The summed E-state index contributed by atoms with van der Waals surface area (Å²) in [6.07, 6.45) is -2.97. The SMILES string of the molecule is Nc1cc(C(F)(F)F)cc2ncn(CCOc3ccccc3)c12. The molecule has 1 aromatic heterocycles. The van der Waals surface area contributed by atoms with Gasteiger partial charge in [0.2, 0.25) is 0 Å². The average Bonchev–Trinajstić information content (AvgIpc) is 2.91. The zero-order valence-electron chi connectivity index (χ0n) is 12.0. The van der Waals surface area contributed by atoms with Crippen LogP contribution in [-0.2, 0) is 12.7 Å². The highest BCUT2D eigenvalue weighted by molar-refractivity contribution is 5.88. The van der Waals surface area contributed by atoms with E-state index in [1.807, 2.05) is 30.3 Å². The van der Waals surface area contributed by atoms with Crippen molar-refractivity contribution in [1.29, 1.82) is 0 Å². The van der Waals surface area contributed by atoms with Gasteiger partial charge in [0.25, 0.3) is 0 Å². The predicted octanol–water partition coefficient (Wildman–Crippen LogP) is 3.72. The van der Waals surface area contributed by atoms with E-state index in [0.717, 1.165) is 17.9 Å². The Morgan fingerprint density at radius 3 is 2.57 bits per heavy atom. The smallest absolute Gasteiger partial charge is 0.416 e. The Labute approximate surface area is 130 Å². The minimum atomic E-state index is -4.44. The molecular weight excluding hydrogens is 307 g/mol. The number of para-hydroxylation sites is 1. The molecule has 2 aromatic carbocycles. The van der Waals surface area contributed by atoms with Crippen molar-refractivity contribution < 1.29 is 17.9 Å². The molecule has 7 heteroatoms. The van der Waals surface area contributed by atoms with E-state index >= 15 is 0 Å². The highest BCUT2D eigenvalue weighted by atomic mass is 19.4. The lowest BCUT2D eigenvalue weighted by atomic mass is 10.1. The third-order valence-corrected chi connectivity index (χ3v) is 3.41. The second-order valence-corrected chi connectivity index (χ2v) is 5.03. The van der Waals surface area contributed by atoms with Crippen LogP contribution in [-0.4, -0.2) is 16.2 Å². The van der Waals surface area contributed by atoms with Crippen LogP contribution < -0.4 is 10.5 Å². The molecule has 0 aliphatic heterocycles. The van der Waals surface area contributed by atoms with Crippen molar-refractivity contribution in [3.05, 3.63) is 54.4 Å². The Bertz CT molecular complexity index is 813. The van der Waals surface area contributed by atoms with Crippen LogP contribution in [0.15, 0.2) is 48.8 Å². The molecule has 0 aliphatic carbocycles. The number of nitrogens with two attached hydrogens (primary N) is 1. The van der Waals surface area contributed by atoms with Crippen LogP contribution in [0.2, 0.25) is 0 Å². The topological polar surface area (TPSA) is 53.1 Å². The number of halogens is 3. The van der Waals surface area contributed by atoms with Gasteiger partial charge < -0.3 is 15.0 Å². The fourth-order valence-electron chi connectivity index (χ4n) is 2.35. The van der Waals surface area contributed by atoms with E-state index in [-0.39, 0.29) is 11.2 Å². The minimum Gasteiger partial charge on any atom is -0.492 e. The molecule has 0 bridgehead atoms. The molecule has 0 atom stereocenters. The number of fused-ring (bicyclic) bond motifs is 1. The van der Waals surface area contributed by atoms with Gasteiger partial charge >= 0.3 is 6.18 Å². The van der Waals surface area contributed by atoms with Crippen molar-refractivity contribution in [3.63, 3.8) is 0 Å². The number of nitrogens with zero attached hydrogens (tertiary/aromatic N) is 2. The van der Waals surface area contributed by atoms with Crippen LogP contribution in [0.5, 0.6) is 5.75 Å². The zero-order valence-corrected chi connectivity index (χ0v) is 12.0. The Kier molecular flexibility index (Phi) is 3.85. The van der Waals surface area contributed by atoms with Crippen molar-refractivity contribution in [2.45, 2.75) is 12.7 Å². The summed E-state index contributed by atoms with van der Waals surface area (Å²) in [5, 5.41) is 0. The van der Waals surface area contributed by atoms with E-state index in [1.54, 1.807) is 4.57 Å². The first-order chi connectivity index (χ1) is 10.9. The highest BCUT2D eigenvalue weighted by Gasteiger charge is 2.31. The molecule has 120 valence electrons. The average molecular weight is 321 g/mol. The standard InChI is InChI=1S/C16H14F3N3O/c17-16(18,19)11-8-13(20)15-14(9-11)21-10-22(15)6-7-23-12-4-2-1-3-5-12/h1-5,8-10H,6-7,20H2. The molecule has 1 heterocycles. The molecule has 4 nitrogen and oxygen atoms in total. The number of hydrogen-bond donors (Lipinski definition) is 1. The molecule has 3 aromatic rings. The van der Waals surface area contributed by atoms with Crippen LogP contribution in [0.1, 0.15) is 5.56 Å². The van der Waals surface area contributed by atoms with Gasteiger partial charge in [-0.2, -0.15) is 13.2 Å². The zero-order chi connectivity index (χ0) is 16.4. The molecule has 0 saturated carbocycles. The number of alkyl halides is 3. The van der Waals surface area contributed by atoms with Crippen LogP contribution in [0, 0.1) is 0 Å². The van der Waals surface area contributed by atoms with Crippen LogP contribution in [0.3, 0.4) is 0 Å². The molecule has 0 saturated heterocycles. The highest BCUT2D eigenvalue weighted by Crippen LogP contribution is 2.33. The first kappa shape index (κ1) is 15.2. The van der Waals surface area contributed by atoms with E-state index in [2.05, 4.69) is 4.98 Å². The maximum absolute atomic E-state index is 12.8. The molecule has 2 N–H and O–H groups in total. The monoisotopic (exact) mass is 321 g/mol.